The van der Waals surface area contributed by atoms with Crippen molar-refractivity contribution in [2.75, 3.05) is 0 Å². The third-order valence-corrected chi connectivity index (χ3v) is 5.76. The van der Waals surface area contributed by atoms with Gasteiger partial charge in [0.2, 0.25) is 0 Å². The van der Waals surface area contributed by atoms with Gasteiger partial charge in [-0.25, -0.2) is 0 Å². The van der Waals surface area contributed by atoms with Gasteiger partial charge in [-0.15, -0.1) is 0 Å². The molecule has 20 heavy (non-hydrogen) atoms. The van der Waals surface area contributed by atoms with Crippen molar-refractivity contribution in [2.45, 2.75) is 15.8 Å². The number of halogens is 5. The van der Waals surface area contributed by atoms with E-state index >= 15 is 0 Å². The molecule has 0 N–H and O–H groups in total. The number of hydrogen-bond acceptors (Lipinski definition) is 0. The first-order chi connectivity index (χ1) is 9.39. The van der Waals surface area contributed by atoms with Crippen molar-refractivity contribution in [3.8, 4) is 0 Å². The van der Waals surface area contributed by atoms with Crippen LogP contribution in [0, 0.1) is 0 Å². The van der Waals surface area contributed by atoms with Crippen molar-refractivity contribution in [2.24, 2.45) is 0 Å². The molecular weight excluding hydrogens is 397 g/mol. The Morgan fingerprint density at radius 2 is 1.15 bits per heavy atom. The molecule has 0 heterocycles. The van der Waals surface area contributed by atoms with Crippen LogP contribution >= 0.6 is 31.9 Å². The van der Waals surface area contributed by atoms with Crippen LogP contribution in [-0.4, -0.2) is 0 Å². The highest BCUT2D eigenvalue weighted by molar-refractivity contribution is 9.12. The Kier molecular flexibility index (Phi) is 4.91. The Labute approximate surface area is 132 Å². The largest absolute Gasteiger partial charge is 0.416 e. The van der Waals surface area contributed by atoms with Crippen molar-refractivity contribution in [3.63, 3.8) is 0 Å². The maximum Gasteiger partial charge on any atom is 0.416 e. The fraction of sp³-hybridized carbons (Fsp3) is 0.200. The zero-order chi connectivity index (χ0) is 14.8. The zero-order valence-corrected chi connectivity index (χ0v) is 13.4. The first-order valence-corrected chi connectivity index (χ1v) is 7.73. The molecule has 0 aliphatic carbocycles. The van der Waals surface area contributed by atoms with E-state index in [9.17, 15) is 13.2 Å². The lowest BCUT2D eigenvalue weighted by Crippen LogP contribution is -2.05. The Hall–Kier alpha value is -0.810. The molecule has 0 aromatic heterocycles. The summed E-state index contributed by atoms with van der Waals surface area (Å²) in [5, 5.41) is 0. The van der Waals surface area contributed by atoms with E-state index in [-0.39, 0.29) is 9.65 Å². The molecule has 0 bridgehead atoms. The molecule has 0 radical (unpaired) electrons. The lowest BCUT2D eigenvalue weighted by atomic mass is 10.0. The summed E-state index contributed by atoms with van der Waals surface area (Å²) in [7, 11) is 0. The van der Waals surface area contributed by atoms with Crippen LogP contribution < -0.4 is 0 Å². The average Bonchev–Trinajstić information content (AvgIpc) is 2.46. The van der Waals surface area contributed by atoms with E-state index in [1.54, 1.807) is 0 Å². The summed E-state index contributed by atoms with van der Waals surface area (Å²) < 4.78 is 37.6. The van der Waals surface area contributed by atoms with Crippen LogP contribution in [0.3, 0.4) is 0 Å². The van der Waals surface area contributed by atoms with Gasteiger partial charge in [0.05, 0.1) is 15.2 Å². The molecule has 2 aromatic carbocycles. The molecule has 0 spiro atoms. The SMILES string of the molecule is FC(F)(F)c1ccc(C(Br)C(Br)c2ccccc2)cc1. The molecule has 2 atom stereocenters. The summed E-state index contributed by atoms with van der Waals surface area (Å²) >= 11 is 7.11. The highest BCUT2D eigenvalue weighted by Gasteiger charge is 2.30. The van der Waals surface area contributed by atoms with E-state index in [2.05, 4.69) is 31.9 Å². The number of rotatable bonds is 3. The highest BCUT2D eigenvalue weighted by atomic mass is 79.9. The van der Waals surface area contributed by atoms with E-state index < -0.39 is 11.7 Å². The lowest BCUT2D eigenvalue weighted by Gasteiger charge is -2.18. The standard InChI is InChI=1S/C15H11Br2F3/c16-13(10-4-2-1-3-5-10)14(17)11-6-8-12(9-7-11)15(18,19)20/h1-9,13-14H. The summed E-state index contributed by atoms with van der Waals surface area (Å²) in [4.78, 5) is -0.118. The highest BCUT2D eigenvalue weighted by Crippen LogP contribution is 2.42. The molecular formula is C15H11Br2F3. The smallest absolute Gasteiger partial charge is 0.166 e. The van der Waals surface area contributed by atoms with Crippen LogP contribution in [0.1, 0.15) is 26.3 Å². The molecule has 106 valence electrons. The molecule has 0 amide bonds. The maximum atomic E-state index is 12.5. The van der Waals surface area contributed by atoms with E-state index in [1.165, 1.54) is 12.1 Å². The number of hydrogen-bond donors (Lipinski definition) is 0. The Morgan fingerprint density at radius 1 is 0.700 bits per heavy atom. The lowest BCUT2D eigenvalue weighted by molar-refractivity contribution is -0.137. The first kappa shape index (κ1) is 15.6. The van der Waals surface area contributed by atoms with E-state index in [4.69, 9.17) is 0 Å². The second-order valence-corrected chi connectivity index (χ2v) is 6.31. The molecule has 0 saturated heterocycles. The monoisotopic (exact) mass is 406 g/mol. The Bertz CT molecular complexity index is 550. The van der Waals surface area contributed by atoms with Gasteiger partial charge < -0.3 is 0 Å². The summed E-state index contributed by atoms with van der Waals surface area (Å²) in [5.41, 5.74) is 1.23. The average molecular weight is 408 g/mol. The van der Waals surface area contributed by atoms with E-state index in [1.807, 2.05) is 30.3 Å². The van der Waals surface area contributed by atoms with Gasteiger partial charge in [-0.3, -0.25) is 0 Å². The van der Waals surface area contributed by atoms with Gasteiger partial charge in [0.1, 0.15) is 0 Å². The summed E-state index contributed by atoms with van der Waals surface area (Å²) in [6.45, 7) is 0. The Balaban J connectivity index is 2.19. The minimum absolute atomic E-state index is 0.0135. The van der Waals surface area contributed by atoms with Gasteiger partial charge in [0.25, 0.3) is 0 Å². The van der Waals surface area contributed by atoms with Gasteiger partial charge in [0, 0.05) is 0 Å². The minimum Gasteiger partial charge on any atom is -0.166 e. The predicted molar refractivity (Wildman–Crippen MR) is 81.2 cm³/mol. The molecule has 2 rings (SSSR count). The second kappa shape index (κ2) is 6.31. The number of alkyl halides is 5. The molecule has 2 unspecified atom stereocenters. The Morgan fingerprint density at radius 3 is 1.60 bits per heavy atom. The van der Waals surface area contributed by atoms with Gasteiger partial charge in [0.15, 0.2) is 0 Å². The molecule has 0 aliphatic rings. The molecule has 0 fully saturated rings. The number of benzene rings is 2. The van der Waals surface area contributed by atoms with Gasteiger partial charge >= 0.3 is 6.18 Å². The molecule has 2 aromatic rings. The topological polar surface area (TPSA) is 0 Å². The van der Waals surface area contributed by atoms with Crippen molar-refractivity contribution < 1.29 is 13.2 Å². The molecule has 0 saturated carbocycles. The van der Waals surface area contributed by atoms with Crippen LogP contribution in [0.5, 0.6) is 0 Å². The van der Waals surface area contributed by atoms with Gasteiger partial charge in [-0.05, 0) is 23.3 Å². The summed E-state index contributed by atoms with van der Waals surface area (Å²) in [6, 6.07) is 14.9. The molecule has 5 heteroatoms. The van der Waals surface area contributed by atoms with Crippen molar-refractivity contribution >= 4 is 31.9 Å². The normalized spacial score (nSPS) is 14.8. The van der Waals surface area contributed by atoms with Crippen LogP contribution in [0.2, 0.25) is 0 Å². The van der Waals surface area contributed by atoms with Gasteiger partial charge in [-0.2, -0.15) is 13.2 Å². The van der Waals surface area contributed by atoms with Crippen molar-refractivity contribution in [3.05, 3.63) is 71.3 Å². The van der Waals surface area contributed by atoms with E-state index in [0.29, 0.717) is 0 Å². The van der Waals surface area contributed by atoms with Crippen LogP contribution in [0.15, 0.2) is 54.6 Å². The quantitative estimate of drug-likeness (QED) is 0.525. The second-order valence-electron chi connectivity index (χ2n) is 4.33. The van der Waals surface area contributed by atoms with E-state index in [0.717, 1.165) is 23.3 Å². The molecule has 0 nitrogen and oxygen atoms in total. The summed E-state index contributed by atoms with van der Waals surface area (Å²) in [5.74, 6) is 0. The third-order valence-electron chi connectivity index (χ3n) is 2.93. The first-order valence-electron chi connectivity index (χ1n) is 5.90. The van der Waals surface area contributed by atoms with Crippen LogP contribution in [0.4, 0.5) is 13.2 Å². The van der Waals surface area contributed by atoms with Crippen molar-refractivity contribution in [1.29, 1.82) is 0 Å². The zero-order valence-electron chi connectivity index (χ0n) is 10.2. The summed E-state index contributed by atoms with van der Waals surface area (Å²) in [6.07, 6.45) is -4.30. The van der Waals surface area contributed by atoms with Crippen molar-refractivity contribution in [1.82, 2.24) is 0 Å². The predicted octanol–water partition coefficient (Wildman–Crippen LogP) is 6.28. The maximum absolute atomic E-state index is 12.5. The minimum atomic E-state index is -4.30. The van der Waals surface area contributed by atoms with Crippen LogP contribution in [0.25, 0.3) is 0 Å². The van der Waals surface area contributed by atoms with Gasteiger partial charge in [-0.1, -0.05) is 74.3 Å². The fourth-order valence-corrected chi connectivity index (χ4v) is 3.05. The third kappa shape index (κ3) is 3.64. The van der Waals surface area contributed by atoms with Crippen LogP contribution in [-0.2, 0) is 6.18 Å². The fourth-order valence-electron chi connectivity index (χ4n) is 1.83. The molecule has 0 aliphatic heterocycles.